The van der Waals surface area contributed by atoms with Gasteiger partial charge in [-0.1, -0.05) is 62.9 Å². The van der Waals surface area contributed by atoms with Gasteiger partial charge in [0.1, 0.15) is 17.7 Å². The number of likely N-dealkylation sites (N-methyl/N-ethyl adjacent to an activating group) is 1. The number of nitrogens with one attached hydrogen (secondary N) is 2. The number of carbonyl (C=O) groups is 3. The molecule has 0 bridgehead atoms. The molecule has 1 aromatic rings. The van der Waals surface area contributed by atoms with Gasteiger partial charge in [0.25, 0.3) is 0 Å². The van der Waals surface area contributed by atoms with Gasteiger partial charge in [0.05, 0.1) is 0 Å². The van der Waals surface area contributed by atoms with Gasteiger partial charge in [-0.3, -0.25) is 9.59 Å². The third kappa shape index (κ3) is 8.03. The van der Waals surface area contributed by atoms with E-state index in [1.165, 1.54) is 6.42 Å². The van der Waals surface area contributed by atoms with Crippen molar-refractivity contribution in [2.45, 2.75) is 104 Å². The molecular formula is C27H43N3O4. The summed E-state index contributed by atoms with van der Waals surface area (Å²) in [5.74, 6) is -0.660. The maximum atomic E-state index is 13.8. The summed E-state index contributed by atoms with van der Waals surface area (Å²) >= 11 is 0. The smallest absolute Gasteiger partial charge is 0.408 e. The van der Waals surface area contributed by atoms with E-state index in [0.29, 0.717) is 6.54 Å². The quantitative estimate of drug-likeness (QED) is 0.563. The Morgan fingerprint density at radius 3 is 2.15 bits per heavy atom. The fourth-order valence-corrected chi connectivity index (χ4v) is 4.34. The Morgan fingerprint density at radius 1 is 1.06 bits per heavy atom. The Balaban J connectivity index is 2.34. The van der Waals surface area contributed by atoms with Crippen molar-refractivity contribution in [3.8, 4) is 0 Å². The maximum Gasteiger partial charge on any atom is 0.408 e. The van der Waals surface area contributed by atoms with Crippen LogP contribution in [0.15, 0.2) is 24.3 Å². The van der Waals surface area contributed by atoms with Crippen molar-refractivity contribution in [1.29, 1.82) is 0 Å². The number of aryl methyl sites for hydroxylation is 1. The Hall–Kier alpha value is -2.57. The van der Waals surface area contributed by atoms with Crippen LogP contribution in [0.2, 0.25) is 0 Å². The molecule has 0 radical (unpaired) electrons. The van der Waals surface area contributed by atoms with E-state index in [4.69, 9.17) is 4.74 Å². The molecule has 1 aromatic carbocycles. The molecular weight excluding hydrogens is 430 g/mol. The van der Waals surface area contributed by atoms with Crippen molar-refractivity contribution >= 4 is 17.9 Å². The first-order chi connectivity index (χ1) is 15.9. The van der Waals surface area contributed by atoms with Crippen molar-refractivity contribution in [2.75, 3.05) is 6.54 Å². The van der Waals surface area contributed by atoms with E-state index in [1.807, 2.05) is 52.0 Å². The van der Waals surface area contributed by atoms with E-state index in [-0.39, 0.29) is 23.8 Å². The Bertz CT molecular complexity index is 823. The van der Waals surface area contributed by atoms with Crippen molar-refractivity contribution in [3.63, 3.8) is 0 Å². The normalized spacial score (nSPS) is 16.5. The fraction of sp³-hybridized carbons (Fsp3) is 0.667. The molecule has 2 atom stereocenters. The molecule has 190 valence electrons. The highest BCUT2D eigenvalue weighted by Gasteiger charge is 2.37. The van der Waals surface area contributed by atoms with Crippen molar-refractivity contribution in [2.24, 2.45) is 5.92 Å². The zero-order valence-electron chi connectivity index (χ0n) is 21.9. The van der Waals surface area contributed by atoms with Crippen LogP contribution in [-0.2, 0) is 14.3 Å². The molecule has 1 aliphatic carbocycles. The molecule has 3 amide bonds. The number of hydrogen-bond acceptors (Lipinski definition) is 4. The Morgan fingerprint density at radius 2 is 1.65 bits per heavy atom. The maximum absolute atomic E-state index is 13.8. The minimum absolute atomic E-state index is 0.129. The Kier molecular flexibility index (Phi) is 9.95. The summed E-state index contributed by atoms with van der Waals surface area (Å²) in [4.78, 5) is 41.4. The van der Waals surface area contributed by atoms with Gasteiger partial charge < -0.3 is 20.3 Å². The highest BCUT2D eigenvalue weighted by molar-refractivity contribution is 5.92. The van der Waals surface area contributed by atoms with Crippen LogP contribution in [0.25, 0.3) is 0 Å². The van der Waals surface area contributed by atoms with Gasteiger partial charge in [-0.05, 0) is 58.9 Å². The first-order valence-electron chi connectivity index (χ1n) is 12.6. The molecule has 0 saturated heterocycles. The van der Waals surface area contributed by atoms with Crippen molar-refractivity contribution < 1.29 is 19.1 Å². The predicted octanol–water partition coefficient (Wildman–Crippen LogP) is 4.88. The summed E-state index contributed by atoms with van der Waals surface area (Å²) < 4.78 is 5.39. The minimum Gasteiger partial charge on any atom is -0.444 e. The summed E-state index contributed by atoms with van der Waals surface area (Å²) in [6.45, 7) is 13.3. The van der Waals surface area contributed by atoms with Gasteiger partial charge in [0, 0.05) is 12.6 Å². The van der Waals surface area contributed by atoms with Crippen LogP contribution in [0.3, 0.4) is 0 Å². The summed E-state index contributed by atoms with van der Waals surface area (Å²) in [6, 6.07) is 6.25. The molecule has 7 heteroatoms. The van der Waals surface area contributed by atoms with Crippen LogP contribution in [0, 0.1) is 12.8 Å². The summed E-state index contributed by atoms with van der Waals surface area (Å²) in [6.07, 6.45) is 4.67. The third-order valence-corrected chi connectivity index (χ3v) is 6.13. The standard InChI is InChI=1S/C27H43N3O4/c1-8-30(25(32)22(18(2)3)29-26(33)34-27(5,6)7)23(20-16-14-19(4)15-17-20)24(31)28-21-12-10-9-11-13-21/h14-18,21-23H,8-13H2,1-7H3,(H,28,31)(H,29,33). The van der Waals surface area contributed by atoms with Gasteiger partial charge in [-0.2, -0.15) is 0 Å². The molecule has 1 fully saturated rings. The SMILES string of the molecule is CCN(C(=O)C(NC(=O)OC(C)(C)C)C(C)C)C(C(=O)NC1CCCCC1)c1ccc(C)cc1. The largest absolute Gasteiger partial charge is 0.444 e. The van der Waals surface area contributed by atoms with E-state index >= 15 is 0 Å². The van der Waals surface area contributed by atoms with E-state index in [0.717, 1.165) is 36.8 Å². The number of rotatable bonds is 8. The topological polar surface area (TPSA) is 87.7 Å². The number of nitrogens with zero attached hydrogens (tertiary/aromatic N) is 1. The van der Waals surface area contributed by atoms with Crippen LogP contribution in [0.5, 0.6) is 0 Å². The van der Waals surface area contributed by atoms with Crippen LogP contribution < -0.4 is 10.6 Å². The van der Waals surface area contributed by atoms with E-state index in [1.54, 1.807) is 25.7 Å². The number of ether oxygens (including phenoxy) is 1. The monoisotopic (exact) mass is 473 g/mol. The third-order valence-electron chi connectivity index (χ3n) is 6.13. The highest BCUT2D eigenvalue weighted by Crippen LogP contribution is 2.26. The molecule has 2 rings (SSSR count). The average Bonchev–Trinajstić information content (AvgIpc) is 2.75. The average molecular weight is 474 g/mol. The minimum atomic E-state index is -0.815. The number of benzene rings is 1. The van der Waals surface area contributed by atoms with Crippen molar-refractivity contribution in [1.82, 2.24) is 15.5 Å². The van der Waals surface area contributed by atoms with Gasteiger partial charge in [0.15, 0.2) is 0 Å². The van der Waals surface area contributed by atoms with Crippen molar-refractivity contribution in [3.05, 3.63) is 35.4 Å². The summed E-state index contributed by atoms with van der Waals surface area (Å²) in [5.41, 5.74) is 1.16. The Labute approximate surface area is 205 Å². The lowest BCUT2D eigenvalue weighted by molar-refractivity contribution is -0.143. The van der Waals surface area contributed by atoms with Crippen LogP contribution in [0.4, 0.5) is 4.79 Å². The van der Waals surface area contributed by atoms with Crippen LogP contribution in [-0.4, -0.2) is 47.0 Å². The summed E-state index contributed by atoms with van der Waals surface area (Å²) in [5, 5.41) is 5.94. The predicted molar refractivity (Wildman–Crippen MR) is 134 cm³/mol. The first kappa shape index (κ1) is 27.7. The molecule has 0 aliphatic heterocycles. The second-order valence-electron chi connectivity index (χ2n) is 10.6. The molecule has 7 nitrogen and oxygen atoms in total. The van der Waals surface area contributed by atoms with E-state index in [9.17, 15) is 14.4 Å². The lowest BCUT2D eigenvalue weighted by Gasteiger charge is -2.36. The van der Waals surface area contributed by atoms with Gasteiger partial charge in [-0.25, -0.2) is 4.79 Å². The second-order valence-corrected chi connectivity index (χ2v) is 10.6. The molecule has 1 aliphatic rings. The molecule has 0 aromatic heterocycles. The zero-order chi connectivity index (χ0) is 25.5. The number of amides is 3. The molecule has 2 unspecified atom stereocenters. The molecule has 0 heterocycles. The summed E-state index contributed by atoms with van der Waals surface area (Å²) in [7, 11) is 0. The van der Waals surface area contributed by atoms with Gasteiger partial charge in [0.2, 0.25) is 11.8 Å². The van der Waals surface area contributed by atoms with Crippen LogP contribution >= 0.6 is 0 Å². The molecule has 1 saturated carbocycles. The molecule has 2 N–H and O–H groups in total. The lowest BCUT2D eigenvalue weighted by atomic mass is 9.94. The molecule has 34 heavy (non-hydrogen) atoms. The van der Waals surface area contributed by atoms with E-state index < -0.39 is 23.8 Å². The first-order valence-corrected chi connectivity index (χ1v) is 12.6. The zero-order valence-corrected chi connectivity index (χ0v) is 21.9. The number of carbonyl (C=O) groups excluding carboxylic acids is 3. The van der Waals surface area contributed by atoms with Gasteiger partial charge >= 0.3 is 6.09 Å². The lowest BCUT2D eigenvalue weighted by Crippen LogP contribution is -2.55. The molecule has 0 spiro atoms. The van der Waals surface area contributed by atoms with Gasteiger partial charge in [-0.15, -0.1) is 0 Å². The second kappa shape index (κ2) is 12.2. The fourth-order valence-electron chi connectivity index (χ4n) is 4.34. The highest BCUT2D eigenvalue weighted by atomic mass is 16.6. The number of alkyl carbamates (subject to hydrolysis) is 1. The van der Waals surface area contributed by atoms with Crippen LogP contribution in [0.1, 0.15) is 90.8 Å². The number of hydrogen-bond donors (Lipinski definition) is 2. The van der Waals surface area contributed by atoms with E-state index in [2.05, 4.69) is 10.6 Å².